The fraction of sp³-hybridized carbons (Fsp3) is 0.156. The molecule has 0 aliphatic carbocycles. The Labute approximate surface area is 232 Å². The third-order valence-electron chi connectivity index (χ3n) is 6.80. The Kier molecular flexibility index (Phi) is 7.77. The van der Waals surface area contributed by atoms with E-state index in [1.54, 1.807) is 24.3 Å². The first kappa shape index (κ1) is 26.5. The molecule has 2 amide bonds. The molecule has 0 aliphatic rings. The van der Waals surface area contributed by atoms with Gasteiger partial charge in [-0.25, -0.2) is 4.68 Å². The molecular weight excluding hydrogens is 502 g/mol. The van der Waals surface area contributed by atoms with Crippen LogP contribution in [0, 0.1) is 6.92 Å². The number of carbonyl (C=O) groups excluding carboxylic acids is 3. The van der Waals surface area contributed by atoms with Crippen LogP contribution in [0.5, 0.6) is 0 Å². The first-order valence-corrected chi connectivity index (χ1v) is 13.0. The van der Waals surface area contributed by atoms with E-state index in [9.17, 15) is 14.4 Å². The molecule has 200 valence electrons. The fourth-order valence-corrected chi connectivity index (χ4v) is 4.72. The number of carbonyl (C=O) groups is 3. The van der Waals surface area contributed by atoms with Gasteiger partial charge in [0.1, 0.15) is 18.1 Å². The van der Waals surface area contributed by atoms with Crippen LogP contribution in [0.15, 0.2) is 103 Å². The number of anilines is 1. The molecule has 0 radical (unpaired) electrons. The summed E-state index contributed by atoms with van der Waals surface area (Å²) in [7, 11) is 0. The van der Waals surface area contributed by atoms with Crippen molar-refractivity contribution in [2.75, 3.05) is 4.90 Å². The van der Waals surface area contributed by atoms with E-state index >= 15 is 0 Å². The van der Waals surface area contributed by atoms with Crippen molar-refractivity contribution in [2.45, 2.75) is 33.0 Å². The van der Waals surface area contributed by atoms with Gasteiger partial charge in [-0.15, -0.1) is 5.10 Å². The number of benzene rings is 4. The van der Waals surface area contributed by atoms with Crippen LogP contribution in [0.1, 0.15) is 40.0 Å². The normalized spacial score (nSPS) is 11.7. The highest BCUT2D eigenvalue weighted by Gasteiger charge is 2.34. The molecule has 1 heterocycles. The number of ketones is 1. The molecule has 5 aromatic rings. The molecule has 0 spiro atoms. The minimum atomic E-state index is -1.01. The van der Waals surface area contributed by atoms with Gasteiger partial charge in [0.2, 0.25) is 11.8 Å². The highest BCUT2D eigenvalue weighted by Crippen LogP contribution is 2.31. The number of nitrogens with one attached hydrogen (secondary N) is 1. The molecular formula is C32H29N5O3. The van der Waals surface area contributed by atoms with E-state index in [1.165, 1.54) is 16.5 Å². The zero-order valence-electron chi connectivity index (χ0n) is 22.3. The van der Waals surface area contributed by atoms with Gasteiger partial charge in [0, 0.05) is 17.8 Å². The molecule has 0 aliphatic heterocycles. The average molecular weight is 532 g/mol. The molecule has 0 fully saturated rings. The van der Waals surface area contributed by atoms with Crippen molar-refractivity contribution in [2.24, 2.45) is 0 Å². The summed E-state index contributed by atoms with van der Waals surface area (Å²) in [6, 6.07) is 30.2. The third kappa shape index (κ3) is 5.66. The number of fused-ring (bicyclic) bond motifs is 1. The van der Waals surface area contributed by atoms with Crippen LogP contribution >= 0.6 is 0 Å². The van der Waals surface area contributed by atoms with Crippen LogP contribution < -0.4 is 10.2 Å². The first-order valence-electron chi connectivity index (χ1n) is 13.0. The Hall–Kier alpha value is -5.11. The predicted molar refractivity (Wildman–Crippen MR) is 154 cm³/mol. The molecule has 8 nitrogen and oxygen atoms in total. The summed E-state index contributed by atoms with van der Waals surface area (Å²) in [6.07, 6.45) is 0. The molecule has 8 heteroatoms. The van der Waals surface area contributed by atoms with Gasteiger partial charge in [0.05, 0.1) is 5.52 Å². The van der Waals surface area contributed by atoms with Crippen LogP contribution in [0.25, 0.3) is 11.0 Å². The van der Waals surface area contributed by atoms with Crippen molar-refractivity contribution < 1.29 is 14.4 Å². The van der Waals surface area contributed by atoms with E-state index in [1.807, 2.05) is 85.8 Å². The van der Waals surface area contributed by atoms with E-state index in [0.29, 0.717) is 34.4 Å². The molecule has 40 heavy (non-hydrogen) atoms. The summed E-state index contributed by atoms with van der Waals surface area (Å²) in [4.78, 5) is 42.0. The molecule has 0 saturated carbocycles. The van der Waals surface area contributed by atoms with Crippen molar-refractivity contribution in [3.8, 4) is 0 Å². The largest absolute Gasteiger partial charge is 0.350 e. The molecule has 1 N–H and O–H groups in total. The lowest BCUT2D eigenvalue weighted by Crippen LogP contribution is -2.45. The molecule has 1 unspecified atom stereocenters. The lowest BCUT2D eigenvalue weighted by atomic mass is 9.97. The zero-order valence-corrected chi connectivity index (χ0v) is 22.3. The number of nitrogens with zero attached hydrogens (tertiary/aromatic N) is 4. The van der Waals surface area contributed by atoms with E-state index in [-0.39, 0.29) is 24.1 Å². The minimum Gasteiger partial charge on any atom is -0.350 e. The second kappa shape index (κ2) is 11.7. The van der Waals surface area contributed by atoms with Crippen LogP contribution in [0.4, 0.5) is 5.69 Å². The molecule has 5 rings (SSSR count). The molecule has 0 saturated heterocycles. The maximum absolute atomic E-state index is 14.2. The Morgan fingerprint density at radius 2 is 1.60 bits per heavy atom. The van der Waals surface area contributed by atoms with Crippen LogP contribution in [-0.4, -0.2) is 32.6 Å². The van der Waals surface area contributed by atoms with Crippen molar-refractivity contribution in [3.05, 3.63) is 125 Å². The maximum atomic E-state index is 14.2. The van der Waals surface area contributed by atoms with Gasteiger partial charge in [-0.3, -0.25) is 19.3 Å². The highest BCUT2D eigenvalue weighted by molar-refractivity contribution is 6.03. The van der Waals surface area contributed by atoms with Gasteiger partial charge in [-0.2, -0.15) is 0 Å². The second-order valence-corrected chi connectivity index (χ2v) is 9.57. The Morgan fingerprint density at radius 1 is 0.875 bits per heavy atom. The number of aromatic nitrogens is 3. The van der Waals surface area contributed by atoms with Crippen LogP contribution in [0.2, 0.25) is 0 Å². The number of rotatable bonds is 9. The number of amides is 2. The Balaban J connectivity index is 1.60. The number of hydrogen-bond donors (Lipinski definition) is 1. The summed E-state index contributed by atoms with van der Waals surface area (Å²) < 4.78 is 1.52. The molecule has 0 bridgehead atoms. The standard InChI is InChI=1S/C32H29N5O3/c1-22-11-6-7-16-27(22)31(32(40)33-20-24-12-4-3-5-13-24)37(26-15-10-14-25(19-26)23(2)38)30(39)21-36-29-18-9-8-17-28(29)34-35-36/h3-19,31H,20-21H2,1-2H3,(H,33,40). The van der Waals surface area contributed by atoms with Crippen LogP contribution in [0.3, 0.4) is 0 Å². The summed E-state index contributed by atoms with van der Waals surface area (Å²) in [5.41, 5.74) is 4.71. The lowest BCUT2D eigenvalue weighted by molar-refractivity contribution is -0.127. The smallest absolute Gasteiger partial charge is 0.249 e. The molecule has 4 aromatic carbocycles. The predicted octanol–water partition coefficient (Wildman–Crippen LogP) is 5.03. The van der Waals surface area contributed by atoms with Gasteiger partial charge in [-0.1, -0.05) is 84.1 Å². The quantitative estimate of drug-likeness (QED) is 0.269. The monoisotopic (exact) mass is 531 g/mol. The number of para-hydroxylation sites is 1. The summed E-state index contributed by atoms with van der Waals surface area (Å²) in [6.45, 7) is 3.52. The van der Waals surface area contributed by atoms with Gasteiger partial charge in [0.25, 0.3) is 0 Å². The second-order valence-electron chi connectivity index (χ2n) is 9.57. The van der Waals surface area contributed by atoms with E-state index < -0.39 is 6.04 Å². The Morgan fingerprint density at radius 3 is 2.38 bits per heavy atom. The third-order valence-corrected chi connectivity index (χ3v) is 6.80. The lowest BCUT2D eigenvalue weighted by Gasteiger charge is -2.32. The van der Waals surface area contributed by atoms with E-state index in [4.69, 9.17) is 0 Å². The van der Waals surface area contributed by atoms with Crippen molar-refractivity contribution >= 4 is 34.3 Å². The SMILES string of the molecule is CC(=O)c1cccc(N(C(=O)Cn2nnc3ccccc32)C(C(=O)NCc2ccccc2)c2ccccc2C)c1. The van der Waals surface area contributed by atoms with Crippen molar-refractivity contribution in [1.29, 1.82) is 0 Å². The zero-order chi connectivity index (χ0) is 28.1. The van der Waals surface area contributed by atoms with E-state index in [0.717, 1.165) is 11.1 Å². The summed E-state index contributed by atoms with van der Waals surface area (Å²) in [5.74, 6) is -0.861. The van der Waals surface area contributed by atoms with Crippen molar-refractivity contribution in [1.82, 2.24) is 20.3 Å². The summed E-state index contributed by atoms with van der Waals surface area (Å²) >= 11 is 0. The van der Waals surface area contributed by atoms with Gasteiger partial charge < -0.3 is 5.32 Å². The Bertz CT molecular complexity index is 1680. The van der Waals surface area contributed by atoms with E-state index in [2.05, 4.69) is 15.6 Å². The average Bonchev–Trinajstić information content (AvgIpc) is 3.38. The van der Waals surface area contributed by atoms with Gasteiger partial charge in [0.15, 0.2) is 5.78 Å². The van der Waals surface area contributed by atoms with Crippen molar-refractivity contribution in [3.63, 3.8) is 0 Å². The summed E-state index contributed by atoms with van der Waals surface area (Å²) in [5, 5.41) is 11.4. The van der Waals surface area contributed by atoms with Gasteiger partial charge >= 0.3 is 0 Å². The highest BCUT2D eigenvalue weighted by atomic mass is 16.2. The fourth-order valence-electron chi connectivity index (χ4n) is 4.72. The van der Waals surface area contributed by atoms with Crippen LogP contribution in [-0.2, 0) is 22.7 Å². The molecule has 1 aromatic heterocycles. The minimum absolute atomic E-state index is 0.141. The first-order chi connectivity index (χ1) is 19.4. The topological polar surface area (TPSA) is 97.2 Å². The number of hydrogen-bond acceptors (Lipinski definition) is 5. The number of aryl methyl sites for hydroxylation is 1. The molecule has 1 atom stereocenters. The maximum Gasteiger partial charge on any atom is 0.249 e. The van der Waals surface area contributed by atoms with Gasteiger partial charge in [-0.05, 0) is 54.8 Å². The number of Topliss-reactive ketones (excluding diaryl/α,β-unsaturated/α-hetero) is 1.